The van der Waals surface area contributed by atoms with Crippen LogP contribution in [0.2, 0.25) is 5.02 Å². The van der Waals surface area contributed by atoms with Crippen LogP contribution in [-0.2, 0) is 17.9 Å². The molecule has 1 fully saturated rings. The molecule has 0 aliphatic carbocycles. The number of amides is 2. The Hall–Kier alpha value is -3.00. The van der Waals surface area contributed by atoms with Crippen LogP contribution in [0.5, 0.6) is 5.75 Å². The molecule has 4 aromatic rings. The summed E-state index contributed by atoms with van der Waals surface area (Å²) in [4.78, 5) is 27.4. The second-order valence-electron chi connectivity index (χ2n) is 8.50. The van der Waals surface area contributed by atoms with Gasteiger partial charge in [0.05, 0.1) is 18.0 Å². The molecular weight excluding hydrogens is 560 g/mol. The van der Waals surface area contributed by atoms with Gasteiger partial charge in [-0.3, -0.25) is 14.5 Å². The Kier molecular flexibility index (Phi) is 7.23. The van der Waals surface area contributed by atoms with E-state index in [1.807, 2.05) is 67.7 Å². The highest BCUT2D eigenvalue weighted by Crippen LogP contribution is 2.35. The summed E-state index contributed by atoms with van der Waals surface area (Å²) in [6.45, 7) is 3.39. The summed E-state index contributed by atoms with van der Waals surface area (Å²) in [7, 11) is 0. The molecule has 0 N–H and O–H groups in total. The number of ether oxygens (including phenoxy) is 1. The van der Waals surface area contributed by atoms with Gasteiger partial charge in [-0.1, -0.05) is 57.4 Å². The van der Waals surface area contributed by atoms with Crippen molar-refractivity contribution in [2.45, 2.75) is 20.0 Å². The normalized spacial score (nSPS) is 14.9. The zero-order valence-corrected chi connectivity index (χ0v) is 22.6. The van der Waals surface area contributed by atoms with Crippen molar-refractivity contribution in [3.8, 4) is 5.75 Å². The first-order chi connectivity index (χ1) is 17.4. The lowest BCUT2D eigenvalue weighted by atomic mass is 10.1. The fourth-order valence-corrected chi connectivity index (χ4v) is 5.36. The van der Waals surface area contributed by atoms with Gasteiger partial charge in [0.2, 0.25) is 0 Å². The Balaban J connectivity index is 1.38. The van der Waals surface area contributed by atoms with Crippen LogP contribution in [0.4, 0.5) is 4.79 Å². The average molecular weight is 582 g/mol. The fraction of sp³-hybridized carbons (Fsp3) is 0.143. The van der Waals surface area contributed by atoms with Gasteiger partial charge >= 0.3 is 0 Å². The summed E-state index contributed by atoms with van der Waals surface area (Å²) >= 11 is 10.5. The third kappa shape index (κ3) is 5.38. The third-order valence-electron chi connectivity index (χ3n) is 5.91. The first-order valence-electron chi connectivity index (χ1n) is 11.3. The minimum Gasteiger partial charge on any atom is -0.492 e. The largest absolute Gasteiger partial charge is 0.492 e. The van der Waals surface area contributed by atoms with Gasteiger partial charge in [-0.2, -0.15) is 0 Å². The minimum absolute atomic E-state index is 0.211. The monoisotopic (exact) mass is 580 g/mol. The van der Waals surface area contributed by atoms with E-state index in [1.54, 1.807) is 18.2 Å². The van der Waals surface area contributed by atoms with Gasteiger partial charge in [-0.25, -0.2) is 0 Å². The van der Waals surface area contributed by atoms with Crippen molar-refractivity contribution < 1.29 is 14.3 Å². The molecule has 5 rings (SSSR count). The Bertz CT molecular complexity index is 1480. The van der Waals surface area contributed by atoms with E-state index < -0.39 is 0 Å². The number of rotatable bonds is 7. The number of nitrogens with zero attached hydrogens (tertiary/aromatic N) is 2. The van der Waals surface area contributed by atoms with Crippen LogP contribution >= 0.6 is 39.3 Å². The van der Waals surface area contributed by atoms with E-state index in [2.05, 4.69) is 20.5 Å². The van der Waals surface area contributed by atoms with Crippen molar-refractivity contribution in [2.24, 2.45) is 0 Å². The molecule has 1 aliphatic rings. The number of benzene rings is 3. The van der Waals surface area contributed by atoms with Crippen LogP contribution in [0.15, 0.2) is 82.3 Å². The summed E-state index contributed by atoms with van der Waals surface area (Å²) in [5.41, 5.74) is 3.93. The summed E-state index contributed by atoms with van der Waals surface area (Å²) < 4.78 is 8.98. The highest BCUT2D eigenvalue weighted by atomic mass is 79.9. The number of halogens is 2. The summed E-state index contributed by atoms with van der Waals surface area (Å²) in [6.07, 6.45) is 3.81. The number of thioether (sulfide) groups is 1. The molecule has 0 spiro atoms. The smallest absolute Gasteiger partial charge is 0.293 e. The third-order valence-corrected chi connectivity index (χ3v) is 7.56. The summed E-state index contributed by atoms with van der Waals surface area (Å²) in [6, 6.07) is 21.2. The van der Waals surface area contributed by atoms with Crippen molar-refractivity contribution in [1.29, 1.82) is 0 Å². The zero-order valence-electron chi connectivity index (χ0n) is 19.4. The summed E-state index contributed by atoms with van der Waals surface area (Å²) in [5.74, 6) is 0.535. The molecular formula is C28H22BrClN2O3S. The van der Waals surface area contributed by atoms with Crippen molar-refractivity contribution in [2.75, 3.05) is 6.61 Å². The molecule has 2 amide bonds. The van der Waals surface area contributed by atoms with E-state index in [-0.39, 0.29) is 17.7 Å². The van der Waals surface area contributed by atoms with Crippen LogP contribution in [0.1, 0.15) is 16.7 Å². The maximum absolute atomic E-state index is 13.1. The van der Waals surface area contributed by atoms with Gasteiger partial charge in [0.1, 0.15) is 12.4 Å². The predicted octanol–water partition coefficient (Wildman–Crippen LogP) is 7.68. The molecule has 182 valence electrons. The molecule has 0 saturated carbocycles. The molecule has 2 heterocycles. The van der Waals surface area contributed by atoms with Crippen LogP contribution in [0.3, 0.4) is 0 Å². The highest BCUT2D eigenvalue weighted by Gasteiger charge is 2.35. The molecule has 1 aromatic heterocycles. The van der Waals surface area contributed by atoms with E-state index in [0.717, 1.165) is 44.0 Å². The van der Waals surface area contributed by atoms with Gasteiger partial charge in [0.15, 0.2) is 0 Å². The Labute approximate surface area is 226 Å². The Morgan fingerprint density at radius 1 is 1.03 bits per heavy atom. The molecule has 0 bridgehead atoms. The molecule has 5 nitrogen and oxygen atoms in total. The maximum atomic E-state index is 13.1. The number of hydrogen-bond acceptors (Lipinski definition) is 4. The van der Waals surface area contributed by atoms with Crippen LogP contribution in [-0.4, -0.2) is 27.2 Å². The SMILES string of the molecule is Cc1ccc(OCCn2cc(/C=C3\SC(=O)N(Cc4ccc(Cl)cc4)C3=O)c3cc(Br)ccc32)cc1. The van der Waals surface area contributed by atoms with E-state index in [1.165, 1.54) is 10.5 Å². The van der Waals surface area contributed by atoms with Gasteiger partial charge in [-0.15, -0.1) is 0 Å². The number of carbonyl (C=O) groups excluding carboxylic acids is 2. The first kappa shape index (κ1) is 24.7. The predicted molar refractivity (Wildman–Crippen MR) is 149 cm³/mol. The molecule has 8 heteroatoms. The highest BCUT2D eigenvalue weighted by molar-refractivity contribution is 9.10. The minimum atomic E-state index is -0.293. The van der Waals surface area contributed by atoms with Gasteiger partial charge in [-0.05, 0) is 72.8 Å². The van der Waals surface area contributed by atoms with Crippen molar-refractivity contribution in [3.63, 3.8) is 0 Å². The molecule has 0 atom stereocenters. The van der Waals surface area contributed by atoms with Crippen LogP contribution in [0, 0.1) is 6.92 Å². The molecule has 3 aromatic carbocycles. The molecule has 0 radical (unpaired) electrons. The van der Waals surface area contributed by atoms with Gasteiger partial charge < -0.3 is 9.30 Å². The number of carbonyl (C=O) groups is 2. The molecule has 0 unspecified atom stereocenters. The lowest BCUT2D eigenvalue weighted by Crippen LogP contribution is -2.27. The quantitative estimate of drug-likeness (QED) is 0.210. The molecule has 1 aliphatic heterocycles. The maximum Gasteiger partial charge on any atom is 0.293 e. The number of hydrogen-bond donors (Lipinski definition) is 0. The number of fused-ring (bicyclic) bond motifs is 1. The van der Waals surface area contributed by atoms with Crippen molar-refractivity contribution in [3.05, 3.63) is 104 Å². The van der Waals surface area contributed by atoms with E-state index >= 15 is 0 Å². The topological polar surface area (TPSA) is 51.5 Å². The lowest BCUT2D eigenvalue weighted by molar-refractivity contribution is -0.123. The van der Waals surface area contributed by atoms with Crippen molar-refractivity contribution >= 4 is 67.4 Å². The average Bonchev–Trinajstić information content (AvgIpc) is 3.33. The van der Waals surface area contributed by atoms with E-state index in [0.29, 0.717) is 23.1 Å². The van der Waals surface area contributed by atoms with Gasteiger partial charge in [0, 0.05) is 32.2 Å². The zero-order chi connectivity index (χ0) is 25.2. The van der Waals surface area contributed by atoms with Gasteiger partial charge in [0.25, 0.3) is 11.1 Å². The fourth-order valence-electron chi connectivity index (χ4n) is 4.04. The van der Waals surface area contributed by atoms with Crippen LogP contribution in [0.25, 0.3) is 17.0 Å². The van der Waals surface area contributed by atoms with Crippen molar-refractivity contribution in [1.82, 2.24) is 9.47 Å². The lowest BCUT2D eigenvalue weighted by Gasteiger charge is -2.12. The molecule has 1 saturated heterocycles. The Morgan fingerprint density at radius 2 is 1.78 bits per heavy atom. The molecule has 36 heavy (non-hydrogen) atoms. The van der Waals surface area contributed by atoms with Crippen LogP contribution < -0.4 is 4.74 Å². The standard InChI is InChI=1S/C28H22BrClN2O3S/c1-18-2-9-23(10-3-18)35-13-12-31-17-20(24-15-21(29)6-11-25(24)31)14-26-27(33)32(28(34)36-26)16-19-4-7-22(30)8-5-19/h2-11,14-15,17H,12-13,16H2,1H3/b26-14-. The second kappa shape index (κ2) is 10.5. The number of aromatic nitrogens is 1. The Morgan fingerprint density at radius 3 is 2.53 bits per heavy atom. The number of aryl methyl sites for hydroxylation is 1. The van der Waals surface area contributed by atoms with E-state index in [9.17, 15) is 9.59 Å². The first-order valence-corrected chi connectivity index (χ1v) is 13.3. The second-order valence-corrected chi connectivity index (χ2v) is 10.8. The van der Waals surface area contributed by atoms with E-state index in [4.69, 9.17) is 16.3 Å². The number of imide groups is 1. The summed E-state index contributed by atoms with van der Waals surface area (Å²) in [5, 5.41) is 1.32.